The fourth-order valence-electron chi connectivity index (χ4n) is 1.72. The molecule has 1 aromatic rings. The number of imide groups is 1. The second-order valence-electron chi connectivity index (χ2n) is 4.08. The summed E-state index contributed by atoms with van der Waals surface area (Å²) >= 11 is 3.29. The number of halogens is 1. The maximum atomic E-state index is 12.1. The molecule has 0 atom stereocenters. The van der Waals surface area contributed by atoms with Crippen molar-refractivity contribution in [3.63, 3.8) is 0 Å². The minimum Gasteiger partial charge on any atom is -0.495 e. The minimum atomic E-state index is -0.676. The summed E-state index contributed by atoms with van der Waals surface area (Å²) in [4.78, 5) is 34.6. The molecule has 0 spiro atoms. The number of benzene rings is 1. The van der Waals surface area contributed by atoms with Gasteiger partial charge in [0.1, 0.15) is 22.5 Å². The molecule has 1 saturated heterocycles. The standard InChI is InChI=1S/C12H12BrN3O5/c1-20-7-3-6(4-8(21-2)10(7)13)11(18)15-16-5-9(17)14-12(16)19/h3-4H,5H2,1-2H3,(H,15,18)(H,14,17,19). The fourth-order valence-corrected chi connectivity index (χ4v) is 2.27. The number of rotatable bonds is 4. The van der Waals surface area contributed by atoms with E-state index in [0.29, 0.717) is 16.0 Å². The lowest BCUT2D eigenvalue weighted by Crippen LogP contribution is -2.44. The predicted octanol–water partition coefficient (Wildman–Crippen LogP) is 0.663. The van der Waals surface area contributed by atoms with Crippen LogP contribution in [-0.2, 0) is 4.79 Å². The predicted molar refractivity (Wildman–Crippen MR) is 75.0 cm³/mol. The highest BCUT2D eigenvalue weighted by Crippen LogP contribution is 2.35. The average molecular weight is 358 g/mol. The van der Waals surface area contributed by atoms with Gasteiger partial charge in [0.15, 0.2) is 0 Å². The van der Waals surface area contributed by atoms with Gasteiger partial charge in [-0.3, -0.25) is 20.3 Å². The van der Waals surface area contributed by atoms with Crippen LogP contribution in [0.3, 0.4) is 0 Å². The Balaban J connectivity index is 2.23. The van der Waals surface area contributed by atoms with Gasteiger partial charge in [-0.05, 0) is 28.1 Å². The molecular weight excluding hydrogens is 346 g/mol. The van der Waals surface area contributed by atoms with E-state index in [2.05, 4.69) is 26.7 Å². The zero-order valence-electron chi connectivity index (χ0n) is 11.2. The Bertz CT molecular complexity index is 594. The Morgan fingerprint density at radius 2 is 1.86 bits per heavy atom. The Morgan fingerprint density at radius 3 is 2.29 bits per heavy atom. The molecule has 2 N–H and O–H groups in total. The van der Waals surface area contributed by atoms with Gasteiger partial charge in [-0.15, -0.1) is 0 Å². The fraction of sp³-hybridized carbons (Fsp3) is 0.250. The molecule has 1 aliphatic heterocycles. The first kappa shape index (κ1) is 15.1. The Kier molecular flexibility index (Phi) is 4.32. The molecule has 0 radical (unpaired) electrons. The van der Waals surface area contributed by atoms with Crippen molar-refractivity contribution < 1.29 is 23.9 Å². The summed E-state index contributed by atoms with van der Waals surface area (Å²) in [5.74, 6) is -0.238. The van der Waals surface area contributed by atoms with Gasteiger partial charge in [0.2, 0.25) is 5.91 Å². The molecule has 0 aliphatic carbocycles. The van der Waals surface area contributed by atoms with E-state index in [1.165, 1.54) is 26.4 Å². The number of nitrogens with one attached hydrogen (secondary N) is 2. The van der Waals surface area contributed by atoms with Crippen LogP contribution in [0.2, 0.25) is 0 Å². The van der Waals surface area contributed by atoms with Gasteiger partial charge in [0, 0.05) is 5.56 Å². The molecule has 2 rings (SSSR count). The quantitative estimate of drug-likeness (QED) is 0.771. The molecule has 9 heteroatoms. The number of hydrogen-bond donors (Lipinski definition) is 2. The second-order valence-corrected chi connectivity index (χ2v) is 4.87. The molecule has 1 aliphatic rings. The van der Waals surface area contributed by atoms with Gasteiger partial charge in [-0.25, -0.2) is 9.80 Å². The molecule has 0 unspecified atom stereocenters. The van der Waals surface area contributed by atoms with Crippen LogP contribution in [0.1, 0.15) is 10.4 Å². The maximum Gasteiger partial charge on any atom is 0.343 e. The van der Waals surface area contributed by atoms with E-state index in [0.717, 1.165) is 5.01 Å². The number of nitrogens with zero attached hydrogens (tertiary/aromatic N) is 1. The van der Waals surface area contributed by atoms with Crippen LogP contribution in [0.5, 0.6) is 11.5 Å². The average Bonchev–Trinajstić information content (AvgIpc) is 2.77. The first-order valence-electron chi connectivity index (χ1n) is 5.80. The molecule has 1 fully saturated rings. The molecule has 8 nitrogen and oxygen atoms in total. The minimum absolute atomic E-state index is 0.221. The van der Waals surface area contributed by atoms with E-state index in [4.69, 9.17) is 9.47 Å². The normalized spacial score (nSPS) is 14.0. The molecular formula is C12H12BrN3O5. The number of methoxy groups -OCH3 is 2. The number of urea groups is 1. The molecule has 4 amide bonds. The molecule has 112 valence electrons. The SMILES string of the molecule is COc1cc(C(=O)NN2CC(=O)NC2=O)cc(OC)c1Br. The van der Waals surface area contributed by atoms with Crippen LogP contribution < -0.4 is 20.2 Å². The van der Waals surface area contributed by atoms with Gasteiger partial charge in [0.25, 0.3) is 5.91 Å². The third-order valence-corrected chi connectivity index (χ3v) is 3.52. The van der Waals surface area contributed by atoms with Crippen LogP contribution in [-0.4, -0.2) is 43.6 Å². The van der Waals surface area contributed by atoms with Crippen molar-refractivity contribution in [3.8, 4) is 11.5 Å². The zero-order chi connectivity index (χ0) is 15.6. The van der Waals surface area contributed by atoms with E-state index in [9.17, 15) is 14.4 Å². The smallest absolute Gasteiger partial charge is 0.343 e. The third-order valence-electron chi connectivity index (χ3n) is 2.74. The summed E-state index contributed by atoms with van der Waals surface area (Å²) in [5, 5.41) is 2.95. The molecule has 0 aromatic heterocycles. The number of ether oxygens (including phenoxy) is 2. The van der Waals surface area contributed by atoms with Crippen molar-refractivity contribution in [2.75, 3.05) is 20.8 Å². The van der Waals surface area contributed by atoms with Crippen molar-refractivity contribution in [3.05, 3.63) is 22.2 Å². The van der Waals surface area contributed by atoms with Crippen molar-refractivity contribution in [2.24, 2.45) is 0 Å². The first-order chi connectivity index (χ1) is 9.96. The highest BCUT2D eigenvalue weighted by molar-refractivity contribution is 9.10. The summed E-state index contributed by atoms with van der Waals surface area (Å²) in [7, 11) is 2.90. The number of carbonyl (C=O) groups excluding carboxylic acids is 3. The lowest BCUT2D eigenvalue weighted by atomic mass is 10.2. The van der Waals surface area contributed by atoms with E-state index in [1.54, 1.807) is 0 Å². The van der Waals surface area contributed by atoms with Crippen LogP contribution in [0, 0.1) is 0 Å². The lowest BCUT2D eigenvalue weighted by molar-refractivity contribution is -0.118. The summed E-state index contributed by atoms with van der Waals surface area (Å²) < 4.78 is 10.8. The molecule has 0 saturated carbocycles. The Hall–Kier alpha value is -2.29. The van der Waals surface area contributed by atoms with Crippen molar-refractivity contribution in [1.82, 2.24) is 15.8 Å². The van der Waals surface area contributed by atoms with Crippen molar-refractivity contribution >= 4 is 33.8 Å². The van der Waals surface area contributed by atoms with E-state index in [1.807, 2.05) is 0 Å². The molecule has 21 heavy (non-hydrogen) atoms. The summed E-state index contributed by atoms with van der Waals surface area (Å²) in [6, 6.07) is 2.29. The van der Waals surface area contributed by atoms with Gasteiger partial charge in [0.05, 0.1) is 14.2 Å². The zero-order valence-corrected chi connectivity index (χ0v) is 12.8. The molecule has 1 heterocycles. The van der Waals surface area contributed by atoms with Crippen LogP contribution in [0.25, 0.3) is 0 Å². The summed E-state index contributed by atoms with van der Waals surface area (Å²) in [5.41, 5.74) is 2.55. The van der Waals surface area contributed by atoms with Gasteiger partial charge >= 0.3 is 6.03 Å². The Morgan fingerprint density at radius 1 is 1.29 bits per heavy atom. The monoisotopic (exact) mass is 357 g/mol. The Labute approximate surface area is 128 Å². The van der Waals surface area contributed by atoms with Crippen LogP contribution in [0.15, 0.2) is 16.6 Å². The highest BCUT2D eigenvalue weighted by Gasteiger charge is 2.28. The lowest BCUT2D eigenvalue weighted by Gasteiger charge is -2.16. The number of carbonyl (C=O) groups is 3. The van der Waals surface area contributed by atoms with Crippen LogP contribution in [0.4, 0.5) is 4.79 Å². The number of hydrazine groups is 1. The molecule has 1 aromatic carbocycles. The van der Waals surface area contributed by atoms with Crippen molar-refractivity contribution in [2.45, 2.75) is 0 Å². The van der Waals surface area contributed by atoms with Gasteiger partial charge < -0.3 is 9.47 Å². The molecule has 0 bridgehead atoms. The van der Waals surface area contributed by atoms with E-state index in [-0.39, 0.29) is 12.1 Å². The van der Waals surface area contributed by atoms with Gasteiger partial charge in [-0.1, -0.05) is 0 Å². The second kappa shape index (κ2) is 6.00. The highest BCUT2D eigenvalue weighted by atomic mass is 79.9. The largest absolute Gasteiger partial charge is 0.495 e. The first-order valence-corrected chi connectivity index (χ1v) is 6.59. The summed E-state index contributed by atoms with van der Waals surface area (Å²) in [6.07, 6.45) is 0. The number of amides is 4. The van der Waals surface area contributed by atoms with Gasteiger partial charge in [-0.2, -0.15) is 0 Å². The third kappa shape index (κ3) is 3.07. The van der Waals surface area contributed by atoms with E-state index < -0.39 is 17.8 Å². The number of hydrogen-bond acceptors (Lipinski definition) is 5. The maximum absolute atomic E-state index is 12.1. The van der Waals surface area contributed by atoms with E-state index >= 15 is 0 Å². The summed E-state index contributed by atoms with van der Waals surface area (Å²) in [6.45, 7) is -0.227. The van der Waals surface area contributed by atoms with Crippen molar-refractivity contribution in [1.29, 1.82) is 0 Å². The topological polar surface area (TPSA) is 97.0 Å². The van der Waals surface area contributed by atoms with Crippen LogP contribution >= 0.6 is 15.9 Å².